The molecular weight excluding hydrogens is 327 g/mol. The first kappa shape index (κ1) is 20.9. The van der Waals surface area contributed by atoms with Gasteiger partial charge in [0.1, 0.15) is 5.75 Å². The minimum atomic E-state index is -0.215. The van der Waals surface area contributed by atoms with Gasteiger partial charge in [-0.05, 0) is 49.4 Å². The standard InChI is InChI=1S/C22H35FN2O/c1-5-6-7-9-20-19(3)18(2)16-22(26-4)21(20)17-25-14-12-24(13-15-25)11-8-10-23/h7,9,16H,5-6,8,10-15,17H2,1-4H3/b9-7-. The van der Waals surface area contributed by atoms with E-state index in [1.807, 2.05) is 0 Å². The maximum absolute atomic E-state index is 12.4. The minimum absolute atomic E-state index is 0.215. The lowest BCUT2D eigenvalue weighted by atomic mass is 9.95. The van der Waals surface area contributed by atoms with Gasteiger partial charge in [0.05, 0.1) is 13.8 Å². The molecule has 3 nitrogen and oxygen atoms in total. The van der Waals surface area contributed by atoms with E-state index in [1.165, 1.54) is 22.3 Å². The summed E-state index contributed by atoms with van der Waals surface area (Å²) in [5, 5.41) is 0. The van der Waals surface area contributed by atoms with Crippen molar-refractivity contribution in [1.29, 1.82) is 0 Å². The van der Waals surface area contributed by atoms with E-state index in [9.17, 15) is 4.39 Å². The number of allylic oxidation sites excluding steroid dienone is 1. The molecule has 0 N–H and O–H groups in total. The molecule has 0 saturated carbocycles. The summed E-state index contributed by atoms with van der Waals surface area (Å²) >= 11 is 0. The molecule has 1 saturated heterocycles. The summed E-state index contributed by atoms with van der Waals surface area (Å²) in [5.74, 6) is 0.990. The number of benzene rings is 1. The van der Waals surface area contributed by atoms with Gasteiger partial charge in [-0.1, -0.05) is 25.5 Å². The van der Waals surface area contributed by atoms with Crippen LogP contribution in [0.3, 0.4) is 0 Å². The topological polar surface area (TPSA) is 15.7 Å². The van der Waals surface area contributed by atoms with Gasteiger partial charge in [-0.2, -0.15) is 0 Å². The molecule has 1 aromatic carbocycles. The lowest BCUT2D eigenvalue weighted by molar-refractivity contribution is 0.123. The van der Waals surface area contributed by atoms with E-state index in [2.05, 4.69) is 48.8 Å². The Hall–Kier alpha value is -1.39. The van der Waals surface area contributed by atoms with Crippen molar-refractivity contribution in [2.24, 2.45) is 0 Å². The lowest BCUT2D eigenvalue weighted by Crippen LogP contribution is -2.46. The molecule has 0 atom stereocenters. The molecule has 0 aromatic heterocycles. The summed E-state index contributed by atoms with van der Waals surface area (Å²) in [7, 11) is 1.77. The average molecular weight is 363 g/mol. The number of ether oxygens (including phenoxy) is 1. The Morgan fingerprint density at radius 2 is 1.85 bits per heavy atom. The molecule has 0 bridgehead atoms. The van der Waals surface area contributed by atoms with Gasteiger partial charge < -0.3 is 9.64 Å². The number of piperazine rings is 1. The molecular formula is C22H35FN2O. The summed E-state index contributed by atoms with van der Waals surface area (Å²) < 4.78 is 18.1. The fourth-order valence-electron chi connectivity index (χ4n) is 3.58. The third kappa shape index (κ3) is 5.55. The Balaban J connectivity index is 2.16. The first-order valence-electron chi connectivity index (χ1n) is 9.95. The van der Waals surface area contributed by atoms with Crippen LogP contribution in [-0.2, 0) is 6.54 Å². The van der Waals surface area contributed by atoms with Crippen LogP contribution in [0.4, 0.5) is 4.39 Å². The van der Waals surface area contributed by atoms with E-state index in [1.54, 1.807) is 7.11 Å². The first-order chi connectivity index (χ1) is 12.6. The molecule has 1 aliphatic heterocycles. The first-order valence-corrected chi connectivity index (χ1v) is 9.95. The zero-order valence-corrected chi connectivity index (χ0v) is 17.0. The van der Waals surface area contributed by atoms with Gasteiger partial charge in [-0.15, -0.1) is 0 Å². The molecule has 1 aromatic rings. The lowest BCUT2D eigenvalue weighted by Gasteiger charge is -2.35. The molecule has 2 rings (SSSR count). The summed E-state index contributed by atoms with van der Waals surface area (Å²) in [6, 6.07) is 2.17. The second-order valence-electron chi connectivity index (χ2n) is 7.26. The Morgan fingerprint density at radius 3 is 2.46 bits per heavy atom. The molecule has 0 radical (unpaired) electrons. The van der Waals surface area contributed by atoms with Crippen molar-refractivity contribution in [3.05, 3.63) is 34.4 Å². The zero-order valence-electron chi connectivity index (χ0n) is 17.0. The number of unbranched alkanes of at least 4 members (excludes halogenated alkanes) is 1. The number of hydrogen-bond donors (Lipinski definition) is 0. The minimum Gasteiger partial charge on any atom is -0.496 e. The molecule has 4 heteroatoms. The van der Waals surface area contributed by atoms with Crippen molar-refractivity contribution >= 4 is 6.08 Å². The number of alkyl halides is 1. The van der Waals surface area contributed by atoms with E-state index in [0.717, 1.165) is 57.9 Å². The maximum atomic E-state index is 12.4. The van der Waals surface area contributed by atoms with Crippen molar-refractivity contribution in [1.82, 2.24) is 9.80 Å². The monoisotopic (exact) mass is 362 g/mol. The third-order valence-electron chi connectivity index (χ3n) is 5.38. The zero-order chi connectivity index (χ0) is 18.9. The van der Waals surface area contributed by atoms with Crippen LogP contribution in [0.2, 0.25) is 0 Å². The van der Waals surface area contributed by atoms with Crippen molar-refractivity contribution in [2.45, 2.75) is 46.6 Å². The van der Waals surface area contributed by atoms with E-state index in [-0.39, 0.29) is 6.67 Å². The highest BCUT2D eigenvalue weighted by atomic mass is 19.1. The molecule has 0 aliphatic carbocycles. The van der Waals surface area contributed by atoms with Crippen LogP contribution in [0.5, 0.6) is 5.75 Å². The SMILES string of the molecule is CCC/C=C\c1c(C)c(C)cc(OC)c1CN1CCN(CCCF)CC1. The predicted molar refractivity (Wildman–Crippen MR) is 109 cm³/mol. The van der Waals surface area contributed by atoms with Gasteiger partial charge in [0.15, 0.2) is 0 Å². The van der Waals surface area contributed by atoms with Crippen molar-refractivity contribution in [2.75, 3.05) is 46.5 Å². The van der Waals surface area contributed by atoms with Crippen molar-refractivity contribution in [3.63, 3.8) is 0 Å². The molecule has 26 heavy (non-hydrogen) atoms. The van der Waals surface area contributed by atoms with E-state index >= 15 is 0 Å². The number of methoxy groups -OCH3 is 1. The van der Waals surface area contributed by atoms with Crippen LogP contribution in [0.15, 0.2) is 12.1 Å². The Bertz CT molecular complexity index is 592. The molecule has 1 aliphatic rings. The van der Waals surface area contributed by atoms with Gasteiger partial charge >= 0.3 is 0 Å². The average Bonchev–Trinajstić information content (AvgIpc) is 2.66. The van der Waals surface area contributed by atoms with Crippen LogP contribution >= 0.6 is 0 Å². The summed E-state index contributed by atoms with van der Waals surface area (Å²) in [6.45, 7) is 12.2. The van der Waals surface area contributed by atoms with Crippen LogP contribution in [0.1, 0.15) is 48.4 Å². The number of rotatable bonds is 9. The smallest absolute Gasteiger partial charge is 0.124 e. The number of halogens is 1. The summed E-state index contributed by atoms with van der Waals surface area (Å²) in [6.07, 6.45) is 7.47. The second kappa shape index (κ2) is 10.7. The van der Waals surface area contributed by atoms with E-state index < -0.39 is 0 Å². The summed E-state index contributed by atoms with van der Waals surface area (Å²) in [4.78, 5) is 4.87. The van der Waals surface area contributed by atoms with Gasteiger partial charge in [0, 0.05) is 44.8 Å². The molecule has 0 unspecified atom stereocenters. The second-order valence-corrected chi connectivity index (χ2v) is 7.26. The Labute approximate surface area is 158 Å². The van der Waals surface area contributed by atoms with Crippen molar-refractivity contribution < 1.29 is 9.13 Å². The van der Waals surface area contributed by atoms with Gasteiger partial charge in [-0.3, -0.25) is 9.29 Å². The number of aryl methyl sites for hydroxylation is 1. The highest BCUT2D eigenvalue weighted by Gasteiger charge is 2.20. The van der Waals surface area contributed by atoms with Gasteiger partial charge in [0.2, 0.25) is 0 Å². The molecule has 146 valence electrons. The summed E-state index contributed by atoms with van der Waals surface area (Å²) in [5.41, 5.74) is 5.22. The number of hydrogen-bond acceptors (Lipinski definition) is 3. The maximum Gasteiger partial charge on any atom is 0.124 e. The fourth-order valence-corrected chi connectivity index (χ4v) is 3.58. The molecule has 1 fully saturated rings. The Kier molecular flexibility index (Phi) is 8.60. The fraction of sp³-hybridized carbons (Fsp3) is 0.636. The largest absolute Gasteiger partial charge is 0.496 e. The number of nitrogens with zero attached hydrogens (tertiary/aromatic N) is 2. The van der Waals surface area contributed by atoms with Crippen LogP contribution in [-0.4, -0.2) is 56.3 Å². The predicted octanol–water partition coefficient (Wildman–Crippen LogP) is 4.60. The van der Waals surface area contributed by atoms with Gasteiger partial charge in [-0.25, -0.2) is 0 Å². The Morgan fingerprint density at radius 1 is 1.15 bits per heavy atom. The van der Waals surface area contributed by atoms with Crippen LogP contribution in [0, 0.1) is 13.8 Å². The molecule has 0 spiro atoms. The van der Waals surface area contributed by atoms with Crippen LogP contribution in [0.25, 0.3) is 6.08 Å². The van der Waals surface area contributed by atoms with Crippen molar-refractivity contribution in [3.8, 4) is 5.75 Å². The molecule has 0 amide bonds. The third-order valence-corrected chi connectivity index (χ3v) is 5.38. The van der Waals surface area contributed by atoms with Crippen LogP contribution < -0.4 is 4.74 Å². The highest BCUT2D eigenvalue weighted by molar-refractivity contribution is 5.63. The molecule has 1 heterocycles. The van der Waals surface area contributed by atoms with Gasteiger partial charge in [0.25, 0.3) is 0 Å². The normalized spacial score (nSPS) is 16.5. The van der Waals surface area contributed by atoms with E-state index in [0.29, 0.717) is 6.42 Å². The quantitative estimate of drug-likeness (QED) is 0.638. The van der Waals surface area contributed by atoms with E-state index in [4.69, 9.17) is 4.74 Å². The highest BCUT2D eigenvalue weighted by Crippen LogP contribution is 2.31.